The molecule has 0 aromatic carbocycles. The lowest BCUT2D eigenvalue weighted by Crippen LogP contribution is -2.46. The van der Waals surface area contributed by atoms with E-state index < -0.39 is 10.0 Å². The molecule has 0 spiro atoms. The highest BCUT2D eigenvalue weighted by Gasteiger charge is 2.29. The van der Waals surface area contributed by atoms with Crippen LogP contribution in [0.15, 0.2) is 23.4 Å². The van der Waals surface area contributed by atoms with Crippen molar-refractivity contribution in [2.45, 2.75) is 43.7 Å². The number of rotatable bonds is 3. The Morgan fingerprint density at radius 3 is 2.79 bits per heavy atom. The maximum atomic E-state index is 11.6. The van der Waals surface area contributed by atoms with Gasteiger partial charge in [-0.3, -0.25) is 0 Å². The first kappa shape index (κ1) is 15.5. The third-order valence-electron chi connectivity index (χ3n) is 4.80. The van der Waals surface area contributed by atoms with E-state index in [1.165, 1.54) is 12.3 Å². The summed E-state index contributed by atoms with van der Waals surface area (Å²) in [6.45, 7) is 3.11. The zero-order valence-electron chi connectivity index (χ0n) is 13.4. The van der Waals surface area contributed by atoms with Crippen LogP contribution in [0.5, 0.6) is 0 Å². The maximum Gasteiger partial charge on any atom is 0.255 e. The van der Waals surface area contributed by atoms with Crippen LogP contribution in [-0.4, -0.2) is 36.0 Å². The topological polar surface area (TPSA) is 102 Å². The van der Waals surface area contributed by atoms with Crippen LogP contribution in [-0.2, 0) is 22.9 Å². The van der Waals surface area contributed by atoms with Gasteiger partial charge in [-0.1, -0.05) is 0 Å². The monoisotopic (exact) mass is 345 g/mol. The molecule has 7 nitrogen and oxygen atoms in total. The highest BCUT2D eigenvalue weighted by atomic mass is 32.2. The lowest BCUT2D eigenvalue weighted by atomic mass is 10.0. The predicted molar refractivity (Wildman–Crippen MR) is 90.1 cm³/mol. The molecule has 4 rings (SSSR count). The summed E-state index contributed by atoms with van der Waals surface area (Å²) in [5.74, 6) is 0.735. The van der Waals surface area contributed by atoms with E-state index >= 15 is 0 Å². The lowest BCUT2D eigenvalue weighted by Gasteiger charge is -2.39. The highest BCUT2D eigenvalue weighted by molar-refractivity contribution is 7.89. The molecule has 0 unspecified atom stereocenters. The Kier molecular flexibility index (Phi) is 3.54. The number of hydrogen-bond donors (Lipinski definition) is 1. The molecular weight excluding hydrogens is 326 g/mol. The van der Waals surface area contributed by atoms with E-state index in [1.54, 1.807) is 6.07 Å². The molecule has 0 bridgehead atoms. The van der Waals surface area contributed by atoms with Crippen LogP contribution in [0.1, 0.15) is 31.0 Å². The summed E-state index contributed by atoms with van der Waals surface area (Å²) in [7, 11) is -3.84. The number of primary sulfonamides is 1. The predicted octanol–water partition coefficient (Wildman–Crippen LogP) is 1.27. The molecule has 1 aliphatic carbocycles. The molecule has 1 fully saturated rings. The molecule has 0 saturated carbocycles. The second-order valence-electron chi connectivity index (χ2n) is 6.41. The van der Waals surface area contributed by atoms with E-state index in [0.717, 1.165) is 60.7 Å². The van der Waals surface area contributed by atoms with Gasteiger partial charge in [-0.25, -0.2) is 28.5 Å². The SMILES string of the molecule is C[C@H]1CCN1c1nc2c(c(-c3ccnc(S(N)(=O)=O)c3)n1)CCC2. The minimum atomic E-state index is -3.84. The summed E-state index contributed by atoms with van der Waals surface area (Å²) in [6.07, 6.45) is 5.49. The minimum absolute atomic E-state index is 0.135. The number of sulfonamides is 1. The molecule has 1 aliphatic heterocycles. The van der Waals surface area contributed by atoms with Gasteiger partial charge in [0.05, 0.1) is 5.69 Å². The zero-order chi connectivity index (χ0) is 16.9. The molecule has 1 saturated heterocycles. The molecule has 126 valence electrons. The van der Waals surface area contributed by atoms with Crippen LogP contribution in [0.3, 0.4) is 0 Å². The van der Waals surface area contributed by atoms with Crippen LogP contribution in [0.4, 0.5) is 5.95 Å². The summed E-state index contributed by atoms with van der Waals surface area (Å²) in [5.41, 5.74) is 3.71. The minimum Gasteiger partial charge on any atom is -0.338 e. The van der Waals surface area contributed by atoms with Crippen molar-refractivity contribution >= 4 is 16.0 Å². The van der Waals surface area contributed by atoms with Crippen LogP contribution < -0.4 is 10.0 Å². The number of aryl methyl sites for hydroxylation is 1. The van der Waals surface area contributed by atoms with Crippen molar-refractivity contribution in [3.8, 4) is 11.3 Å². The van der Waals surface area contributed by atoms with Crippen molar-refractivity contribution in [2.24, 2.45) is 5.14 Å². The van der Waals surface area contributed by atoms with E-state index in [9.17, 15) is 8.42 Å². The molecule has 1 atom stereocenters. The number of hydrogen-bond acceptors (Lipinski definition) is 6. The number of fused-ring (bicyclic) bond motifs is 1. The lowest BCUT2D eigenvalue weighted by molar-refractivity contribution is 0.470. The van der Waals surface area contributed by atoms with Gasteiger partial charge in [0, 0.05) is 35.6 Å². The normalized spacial score (nSPS) is 19.9. The summed E-state index contributed by atoms with van der Waals surface area (Å²) >= 11 is 0. The molecule has 2 aliphatic rings. The summed E-state index contributed by atoms with van der Waals surface area (Å²) in [6, 6.07) is 3.72. The third kappa shape index (κ3) is 2.55. The van der Waals surface area contributed by atoms with Crippen LogP contribution in [0.25, 0.3) is 11.3 Å². The van der Waals surface area contributed by atoms with Crippen molar-refractivity contribution in [3.05, 3.63) is 29.6 Å². The Labute approximate surface area is 141 Å². The second kappa shape index (κ2) is 5.49. The average molecular weight is 345 g/mol. The smallest absolute Gasteiger partial charge is 0.255 e. The van der Waals surface area contributed by atoms with Gasteiger partial charge in [0.15, 0.2) is 5.03 Å². The molecule has 2 N–H and O–H groups in total. The van der Waals surface area contributed by atoms with Gasteiger partial charge >= 0.3 is 0 Å². The first-order valence-electron chi connectivity index (χ1n) is 8.09. The fourth-order valence-corrected chi connectivity index (χ4v) is 3.81. The molecular formula is C16H19N5O2S. The van der Waals surface area contributed by atoms with Gasteiger partial charge in [0.1, 0.15) is 0 Å². The number of anilines is 1. The first-order chi connectivity index (χ1) is 11.4. The van der Waals surface area contributed by atoms with Crippen LogP contribution in [0.2, 0.25) is 0 Å². The summed E-state index contributed by atoms with van der Waals surface area (Å²) < 4.78 is 23.2. The standard InChI is InChI=1S/C16H19N5O2S/c1-10-6-8-21(10)16-19-13-4-2-3-12(13)15(20-16)11-5-7-18-14(9-11)24(17,22)23/h5,7,9-10H,2-4,6,8H2,1H3,(H2,17,22,23)/t10-/m0/s1. The van der Waals surface area contributed by atoms with E-state index in [4.69, 9.17) is 15.1 Å². The van der Waals surface area contributed by atoms with E-state index in [0.29, 0.717) is 6.04 Å². The van der Waals surface area contributed by atoms with Gasteiger partial charge in [-0.2, -0.15) is 0 Å². The molecule has 24 heavy (non-hydrogen) atoms. The van der Waals surface area contributed by atoms with Crippen molar-refractivity contribution in [3.63, 3.8) is 0 Å². The zero-order valence-corrected chi connectivity index (χ0v) is 14.3. The third-order valence-corrected chi connectivity index (χ3v) is 5.60. The van der Waals surface area contributed by atoms with Crippen LogP contribution >= 0.6 is 0 Å². The van der Waals surface area contributed by atoms with Gasteiger partial charge in [0.25, 0.3) is 10.0 Å². The van der Waals surface area contributed by atoms with Crippen molar-refractivity contribution in [1.29, 1.82) is 0 Å². The highest BCUT2D eigenvalue weighted by Crippen LogP contribution is 2.34. The Morgan fingerprint density at radius 1 is 1.29 bits per heavy atom. The molecule has 2 aromatic rings. The van der Waals surface area contributed by atoms with Crippen molar-refractivity contribution in [1.82, 2.24) is 15.0 Å². The van der Waals surface area contributed by atoms with Gasteiger partial charge in [-0.05, 0) is 44.7 Å². The Bertz CT molecular complexity index is 913. The molecule has 3 heterocycles. The average Bonchev–Trinajstić information content (AvgIpc) is 3.00. The van der Waals surface area contributed by atoms with Gasteiger partial charge < -0.3 is 4.90 Å². The number of aromatic nitrogens is 3. The fourth-order valence-electron chi connectivity index (χ4n) is 3.31. The molecule has 0 radical (unpaired) electrons. The van der Waals surface area contributed by atoms with Crippen molar-refractivity contribution < 1.29 is 8.42 Å². The first-order valence-corrected chi connectivity index (χ1v) is 9.64. The summed E-state index contributed by atoms with van der Waals surface area (Å²) in [5, 5.41) is 5.08. The van der Waals surface area contributed by atoms with Crippen LogP contribution in [0, 0.1) is 0 Å². The fraction of sp³-hybridized carbons (Fsp3) is 0.438. The van der Waals surface area contributed by atoms with E-state index in [1.807, 2.05) is 0 Å². The maximum absolute atomic E-state index is 11.6. The van der Waals surface area contributed by atoms with Gasteiger partial charge in [0.2, 0.25) is 5.95 Å². The number of nitrogens with zero attached hydrogens (tertiary/aromatic N) is 4. The number of pyridine rings is 1. The van der Waals surface area contributed by atoms with Gasteiger partial charge in [-0.15, -0.1) is 0 Å². The Morgan fingerprint density at radius 2 is 2.12 bits per heavy atom. The second-order valence-corrected chi connectivity index (χ2v) is 7.92. The Hall–Kier alpha value is -2.06. The number of nitrogens with two attached hydrogens (primary N) is 1. The van der Waals surface area contributed by atoms with E-state index in [-0.39, 0.29) is 5.03 Å². The molecule has 2 aromatic heterocycles. The quantitative estimate of drug-likeness (QED) is 0.899. The van der Waals surface area contributed by atoms with E-state index in [2.05, 4.69) is 16.8 Å². The largest absolute Gasteiger partial charge is 0.338 e. The molecule has 8 heteroatoms. The van der Waals surface area contributed by atoms with Crippen molar-refractivity contribution in [2.75, 3.05) is 11.4 Å². The molecule has 0 amide bonds. The summed E-state index contributed by atoms with van der Waals surface area (Å²) in [4.78, 5) is 15.5. The Balaban J connectivity index is 1.86.